The Bertz CT molecular complexity index is 445. The molecule has 0 aliphatic carbocycles. The first-order valence-electron chi connectivity index (χ1n) is 6.08. The smallest absolute Gasteiger partial charge is 0.166 e. The number of benzene rings is 1. The molecule has 1 aliphatic rings. The van der Waals surface area contributed by atoms with E-state index >= 15 is 0 Å². The van der Waals surface area contributed by atoms with E-state index in [1.54, 1.807) is 6.07 Å². The highest BCUT2D eigenvalue weighted by molar-refractivity contribution is 5.85. The summed E-state index contributed by atoms with van der Waals surface area (Å²) in [6, 6.07) is 4.59. The van der Waals surface area contributed by atoms with Crippen LogP contribution in [0, 0.1) is 11.7 Å². The number of hydrogen-bond acceptors (Lipinski definition) is 3. The molecule has 1 heterocycles. The Hall–Kier alpha value is -1.42. The van der Waals surface area contributed by atoms with Crippen molar-refractivity contribution in [1.29, 1.82) is 0 Å². The van der Waals surface area contributed by atoms with E-state index in [-0.39, 0.29) is 30.0 Å². The summed E-state index contributed by atoms with van der Waals surface area (Å²) in [5.74, 6) is 0.0186. The Labute approximate surface area is 106 Å². The van der Waals surface area contributed by atoms with E-state index in [1.165, 1.54) is 19.2 Å². The molecule has 1 aliphatic heterocycles. The zero-order valence-corrected chi connectivity index (χ0v) is 10.6. The summed E-state index contributed by atoms with van der Waals surface area (Å²) >= 11 is 0. The van der Waals surface area contributed by atoms with Gasteiger partial charge in [0.05, 0.1) is 7.11 Å². The lowest BCUT2D eigenvalue weighted by Crippen LogP contribution is -2.26. The Balaban J connectivity index is 2.05. The van der Waals surface area contributed by atoms with Crippen molar-refractivity contribution in [2.24, 2.45) is 5.92 Å². The van der Waals surface area contributed by atoms with Crippen molar-refractivity contribution in [1.82, 2.24) is 0 Å². The Morgan fingerprint density at radius 3 is 2.89 bits per heavy atom. The van der Waals surface area contributed by atoms with Crippen LogP contribution < -0.4 is 4.74 Å². The van der Waals surface area contributed by atoms with Crippen LogP contribution in [0.4, 0.5) is 4.39 Å². The predicted octanol–water partition coefficient (Wildman–Crippen LogP) is 2.37. The summed E-state index contributed by atoms with van der Waals surface area (Å²) in [5.41, 5.74) is 0.654. The molecule has 2 rings (SSSR count). The summed E-state index contributed by atoms with van der Waals surface area (Å²) in [6.07, 6.45) is 0.777. The molecule has 0 saturated carbocycles. The highest BCUT2D eigenvalue weighted by Crippen LogP contribution is 2.23. The molecule has 1 aromatic carbocycles. The standard InChI is InChI=1S/C14H17FO3/c1-9-5-6-18-14(9)12(16)8-10-3-4-13(17-2)11(15)7-10/h3-4,7,9,14H,5-6,8H2,1-2H3. The molecule has 0 aromatic heterocycles. The number of Topliss-reactive ketones (excluding diaryl/α,β-unsaturated/α-hetero) is 1. The molecule has 0 bridgehead atoms. The van der Waals surface area contributed by atoms with Gasteiger partial charge in [-0.2, -0.15) is 0 Å². The van der Waals surface area contributed by atoms with Gasteiger partial charge in [0.1, 0.15) is 6.10 Å². The van der Waals surface area contributed by atoms with E-state index in [9.17, 15) is 9.18 Å². The highest BCUT2D eigenvalue weighted by Gasteiger charge is 2.30. The van der Waals surface area contributed by atoms with Crippen molar-refractivity contribution in [2.75, 3.05) is 13.7 Å². The zero-order chi connectivity index (χ0) is 13.1. The molecule has 0 spiro atoms. The summed E-state index contributed by atoms with van der Waals surface area (Å²) in [4.78, 5) is 12.0. The van der Waals surface area contributed by atoms with E-state index in [1.807, 2.05) is 6.92 Å². The number of carbonyl (C=O) groups is 1. The number of hydrogen-bond donors (Lipinski definition) is 0. The molecule has 0 radical (unpaired) electrons. The zero-order valence-electron chi connectivity index (χ0n) is 10.6. The lowest BCUT2D eigenvalue weighted by atomic mass is 9.96. The fourth-order valence-corrected chi connectivity index (χ4v) is 2.23. The molecule has 3 nitrogen and oxygen atoms in total. The van der Waals surface area contributed by atoms with Crippen LogP contribution in [-0.4, -0.2) is 25.6 Å². The van der Waals surface area contributed by atoms with Gasteiger partial charge in [-0.25, -0.2) is 4.39 Å². The van der Waals surface area contributed by atoms with Gasteiger partial charge in [0.25, 0.3) is 0 Å². The molecular formula is C14H17FO3. The molecule has 1 aromatic rings. The number of methoxy groups -OCH3 is 1. The van der Waals surface area contributed by atoms with Crippen molar-refractivity contribution >= 4 is 5.78 Å². The maximum Gasteiger partial charge on any atom is 0.166 e. The third-order valence-corrected chi connectivity index (χ3v) is 3.30. The first-order chi connectivity index (χ1) is 8.61. The Kier molecular flexibility index (Phi) is 3.97. The van der Waals surface area contributed by atoms with Crippen LogP contribution in [0.25, 0.3) is 0 Å². The molecule has 1 saturated heterocycles. The van der Waals surface area contributed by atoms with Gasteiger partial charge in [0.15, 0.2) is 17.3 Å². The topological polar surface area (TPSA) is 35.5 Å². The van der Waals surface area contributed by atoms with E-state index in [2.05, 4.69) is 0 Å². The molecule has 2 unspecified atom stereocenters. The lowest BCUT2D eigenvalue weighted by Gasteiger charge is -2.13. The summed E-state index contributed by atoms with van der Waals surface area (Å²) in [5, 5.41) is 0. The average Bonchev–Trinajstić information content (AvgIpc) is 2.76. The van der Waals surface area contributed by atoms with Crippen molar-refractivity contribution in [3.05, 3.63) is 29.6 Å². The van der Waals surface area contributed by atoms with Gasteiger partial charge in [0.2, 0.25) is 0 Å². The lowest BCUT2D eigenvalue weighted by molar-refractivity contribution is -0.128. The van der Waals surface area contributed by atoms with Crippen molar-refractivity contribution in [3.63, 3.8) is 0 Å². The van der Waals surface area contributed by atoms with Crippen LogP contribution >= 0.6 is 0 Å². The molecular weight excluding hydrogens is 235 g/mol. The third kappa shape index (κ3) is 2.70. The third-order valence-electron chi connectivity index (χ3n) is 3.30. The van der Waals surface area contributed by atoms with Gasteiger partial charge in [-0.05, 0) is 30.0 Å². The first-order valence-corrected chi connectivity index (χ1v) is 6.08. The van der Waals surface area contributed by atoms with Gasteiger partial charge < -0.3 is 9.47 Å². The second-order valence-corrected chi connectivity index (χ2v) is 4.67. The minimum atomic E-state index is -0.441. The van der Waals surface area contributed by atoms with Crippen LogP contribution in [-0.2, 0) is 16.0 Å². The second kappa shape index (κ2) is 5.48. The average molecular weight is 252 g/mol. The summed E-state index contributed by atoms with van der Waals surface area (Å²) in [6.45, 7) is 2.64. The fourth-order valence-electron chi connectivity index (χ4n) is 2.23. The molecule has 0 N–H and O–H groups in total. The highest BCUT2D eigenvalue weighted by atomic mass is 19.1. The maximum atomic E-state index is 13.5. The normalized spacial score (nSPS) is 23.1. The first kappa shape index (κ1) is 13.0. The van der Waals surface area contributed by atoms with Gasteiger partial charge in [0, 0.05) is 13.0 Å². The van der Waals surface area contributed by atoms with Crippen molar-refractivity contribution in [3.8, 4) is 5.75 Å². The number of rotatable bonds is 4. The van der Waals surface area contributed by atoms with E-state index in [4.69, 9.17) is 9.47 Å². The van der Waals surface area contributed by atoms with Gasteiger partial charge in [-0.15, -0.1) is 0 Å². The van der Waals surface area contributed by atoms with Gasteiger partial charge in [-0.1, -0.05) is 13.0 Å². The largest absolute Gasteiger partial charge is 0.494 e. The molecule has 2 atom stereocenters. The minimum Gasteiger partial charge on any atom is -0.494 e. The van der Waals surface area contributed by atoms with Crippen LogP contribution in [0.5, 0.6) is 5.75 Å². The van der Waals surface area contributed by atoms with Crippen LogP contribution in [0.2, 0.25) is 0 Å². The number of carbonyl (C=O) groups excluding carboxylic acids is 1. The summed E-state index contributed by atoms with van der Waals surface area (Å²) < 4.78 is 23.7. The molecule has 98 valence electrons. The van der Waals surface area contributed by atoms with Crippen molar-refractivity contribution < 1.29 is 18.7 Å². The quantitative estimate of drug-likeness (QED) is 0.825. The maximum absolute atomic E-state index is 13.5. The van der Waals surface area contributed by atoms with Crippen LogP contribution in [0.1, 0.15) is 18.9 Å². The summed E-state index contributed by atoms with van der Waals surface area (Å²) in [7, 11) is 1.41. The minimum absolute atomic E-state index is 0.0181. The predicted molar refractivity (Wildman–Crippen MR) is 65.2 cm³/mol. The van der Waals surface area contributed by atoms with E-state index < -0.39 is 5.82 Å². The SMILES string of the molecule is COc1ccc(CC(=O)C2OCCC2C)cc1F. The molecule has 4 heteroatoms. The van der Waals surface area contributed by atoms with Crippen molar-refractivity contribution in [2.45, 2.75) is 25.9 Å². The number of halogens is 1. The molecule has 1 fully saturated rings. The van der Waals surface area contributed by atoms with Gasteiger partial charge >= 0.3 is 0 Å². The fraction of sp³-hybridized carbons (Fsp3) is 0.500. The Morgan fingerprint density at radius 2 is 2.33 bits per heavy atom. The number of ether oxygens (including phenoxy) is 2. The molecule has 18 heavy (non-hydrogen) atoms. The van der Waals surface area contributed by atoms with Crippen LogP contribution in [0.3, 0.4) is 0 Å². The van der Waals surface area contributed by atoms with E-state index in [0.717, 1.165) is 6.42 Å². The number of ketones is 1. The molecule has 0 amide bonds. The Morgan fingerprint density at radius 1 is 1.56 bits per heavy atom. The van der Waals surface area contributed by atoms with Crippen LogP contribution in [0.15, 0.2) is 18.2 Å². The van der Waals surface area contributed by atoms with E-state index in [0.29, 0.717) is 12.2 Å². The monoisotopic (exact) mass is 252 g/mol. The van der Waals surface area contributed by atoms with Gasteiger partial charge in [-0.3, -0.25) is 4.79 Å². The second-order valence-electron chi connectivity index (χ2n) is 4.67.